The summed E-state index contributed by atoms with van der Waals surface area (Å²) in [6.07, 6.45) is 1.81. The highest BCUT2D eigenvalue weighted by molar-refractivity contribution is 5.15. The van der Waals surface area contributed by atoms with Crippen molar-refractivity contribution in [1.29, 1.82) is 0 Å². The van der Waals surface area contributed by atoms with Crippen molar-refractivity contribution in [2.45, 2.75) is 48.5 Å². The Kier molecular flexibility index (Phi) is 11.4. The van der Waals surface area contributed by atoms with E-state index in [2.05, 4.69) is 38.7 Å². The molecule has 14 heavy (non-hydrogen) atoms. The van der Waals surface area contributed by atoms with Crippen molar-refractivity contribution in [2.24, 2.45) is 5.92 Å². The van der Waals surface area contributed by atoms with Crippen LogP contribution in [0, 0.1) is 19.8 Å². The van der Waals surface area contributed by atoms with Crippen molar-refractivity contribution in [3.05, 3.63) is 29.6 Å². The van der Waals surface area contributed by atoms with E-state index in [1.54, 1.807) is 0 Å². The average molecular weight is 195 g/mol. The maximum Gasteiger partial charge on any atom is 0.0401 e. The molecule has 0 aliphatic heterocycles. The third-order valence-corrected chi connectivity index (χ3v) is 1.27. The summed E-state index contributed by atoms with van der Waals surface area (Å²) in [5.41, 5.74) is 2.38. The van der Waals surface area contributed by atoms with Gasteiger partial charge in [0, 0.05) is 11.9 Å². The van der Waals surface area contributed by atoms with Crippen LogP contribution in [-0.2, 0) is 0 Å². The third kappa shape index (κ3) is 11.2. The molecular formula is C13H25N. The molecule has 0 spiro atoms. The smallest absolute Gasteiger partial charge is 0.0401 e. The lowest BCUT2D eigenvalue weighted by atomic mass is 10.2. The van der Waals surface area contributed by atoms with Crippen LogP contribution in [0.1, 0.15) is 45.9 Å². The van der Waals surface area contributed by atoms with Gasteiger partial charge >= 0.3 is 0 Å². The molecular weight excluding hydrogens is 170 g/mol. The summed E-state index contributed by atoms with van der Waals surface area (Å²) < 4.78 is 0. The van der Waals surface area contributed by atoms with Crippen molar-refractivity contribution < 1.29 is 0 Å². The molecule has 1 rings (SSSR count). The number of aryl methyl sites for hydroxylation is 2. The predicted octanol–water partition coefficient (Wildman–Crippen LogP) is 4.39. The summed E-state index contributed by atoms with van der Waals surface area (Å²) in [4.78, 5) is 4.08. The van der Waals surface area contributed by atoms with Crippen molar-refractivity contribution >= 4 is 0 Å². The summed E-state index contributed by atoms with van der Waals surface area (Å²) in [5.74, 6) is 0.833. The Morgan fingerprint density at radius 1 is 1.07 bits per heavy atom. The van der Waals surface area contributed by atoms with Gasteiger partial charge in [-0.1, -0.05) is 40.7 Å². The quantitative estimate of drug-likeness (QED) is 0.598. The number of nitrogens with zero attached hydrogens (tertiary/aromatic N) is 1. The van der Waals surface area contributed by atoms with Gasteiger partial charge in [-0.05, 0) is 31.4 Å². The summed E-state index contributed by atoms with van der Waals surface area (Å²) >= 11 is 0. The van der Waals surface area contributed by atoms with Gasteiger partial charge in [-0.2, -0.15) is 0 Å². The molecule has 0 saturated heterocycles. The van der Waals surface area contributed by atoms with Crippen molar-refractivity contribution in [3.63, 3.8) is 0 Å². The van der Waals surface area contributed by atoms with E-state index in [9.17, 15) is 0 Å². The monoisotopic (exact) mass is 195 g/mol. The third-order valence-electron chi connectivity index (χ3n) is 1.27. The highest BCUT2D eigenvalue weighted by atomic mass is 14.6. The molecule has 0 aliphatic carbocycles. The van der Waals surface area contributed by atoms with Crippen LogP contribution in [-0.4, -0.2) is 4.98 Å². The number of hydrogen-bond acceptors (Lipinski definition) is 1. The molecule has 0 aliphatic rings. The van der Waals surface area contributed by atoms with Crippen LogP contribution in [0.5, 0.6) is 0 Å². The first kappa shape index (κ1) is 15.6. The van der Waals surface area contributed by atoms with Crippen molar-refractivity contribution in [3.8, 4) is 0 Å². The highest BCUT2D eigenvalue weighted by Gasteiger charge is 1.85. The van der Waals surface area contributed by atoms with Crippen LogP contribution in [0.25, 0.3) is 0 Å². The first-order chi connectivity index (χ1) is 6.54. The van der Waals surface area contributed by atoms with Gasteiger partial charge in [0.25, 0.3) is 0 Å². The predicted molar refractivity (Wildman–Crippen MR) is 65.6 cm³/mol. The molecule has 1 aromatic heterocycles. The second kappa shape index (κ2) is 10.2. The average Bonchev–Trinajstić information content (AvgIpc) is 2.13. The largest absolute Gasteiger partial charge is 0.261 e. The normalized spacial score (nSPS) is 8.29. The lowest BCUT2D eigenvalue weighted by Crippen LogP contribution is -1.81. The van der Waals surface area contributed by atoms with Gasteiger partial charge < -0.3 is 0 Å². The molecule has 82 valence electrons. The molecule has 0 bridgehead atoms. The molecule has 1 nitrogen and oxygen atoms in total. The number of rotatable bonds is 0. The van der Waals surface area contributed by atoms with E-state index < -0.39 is 0 Å². The Labute approximate surface area is 89.6 Å². The van der Waals surface area contributed by atoms with Gasteiger partial charge in [-0.3, -0.25) is 4.98 Å². The Morgan fingerprint density at radius 2 is 1.50 bits per heavy atom. The van der Waals surface area contributed by atoms with Gasteiger partial charge in [0.2, 0.25) is 0 Å². The van der Waals surface area contributed by atoms with Gasteiger partial charge in [0.1, 0.15) is 0 Å². The fraction of sp³-hybridized carbons (Fsp3) is 0.615. The zero-order chi connectivity index (χ0) is 11.6. The van der Waals surface area contributed by atoms with Gasteiger partial charge in [-0.15, -0.1) is 0 Å². The topological polar surface area (TPSA) is 12.9 Å². The molecule has 0 fully saturated rings. The summed E-state index contributed by atoms with van der Waals surface area (Å²) in [5, 5.41) is 0. The van der Waals surface area contributed by atoms with Crippen LogP contribution in [0.2, 0.25) is 0 Å². The lowest BCUT2D eigenvalue weighted by molar-refractivity contribution is 0.737. The molecule has 0 radical (unpaired) electrons. The Balaban J connectivity index is 0. The van der Waals surface area contributed by atoms with Crippen LogP contribution in [0.3, 0.4) is 0 Å². The van der Waals surface area contributed by atoms with Crippen LogP contribution in [0.15, 0.2) is 18.3 Å². The second-order valence-corrected chi connectivity index (χ2v) is 3.64. The zero-order valence-electron chi connectivity index (χ0n) is 10.8. The molecule has 0 N–H and O–H groups in total. The molecule has 0 unspecified atom stereocenters. The minimum Gasteiger partial charge on any atom is -0.261 e. The molecule has 0 atom stereocenters. The Hall–Kier alpha value is -0.850. The molecule has 0 aromatic carbocycles. The lowest BCUT2D eigenvalue weighted by Gasteiger charge is -1.92. The van der Waals surface area contributed by atoms with Crippen LogP contribution >= 0.6 is 0 Å². The summed E-state index contributed by atoms with van der Waals surface area (Å²) in [6, 6.07) is 4.00. The standard InChI is InChI=1S/C7H9N.C4H10.C2H6/c1-6-4-3-5-8-7(6)2;1-4(2)3;1-2/h3-5H,1-2H3;4H,1-3H3;1-2H3. The molecule has 1 heteroatoms. The molecule has 1 heterocycles. The minimum atomic E-state index is 0.833. The van der Waals surface area contributed by atoms with E-state index >= 15 is 0 Å². The maximum atomic E-state index is 4.08. The van der Waals surface area contributed by atoms with Gasteiger partial charge in [0.05, 0.1) is 0 Å². The Bertz CT molecular complexity index is 192. The fourth-order valence-corrected chi connectivity index (χ4v) is 0.565. The number of aromatic nitrogens is 1. The fourth-order valence-electron chi connectivity index (χ4n) is 0.565. The van der Waals surface area contributed by atoms with Gasteiger partial charge in [-0.25, -0.2) is 0 Å². The molecule has 0 saturated carbocycles. The van der Waals surface area contributed by atoms with Crippen LogP contribution in [0.4, 0.5) is 0 Å². The van der Waals surface area contributed by atoms with E-state index in [0.29, 0.717) is 0 Å². The molecule has 1 aromatic rings. The van der Waals surface area contributed by atoms with Gasteiger partial charge in [0.15, 0.2) is 0 Å². The number of hydrogen-bond donors (Lipinski definition) is 0. The SMILES string of the molecule is CC.CC(C)C.Cc1cccnc1C. The number of pyridine rings is 1. The summed E-state index contributed by atoms with van der Waals surface area (Å²) in [7, 11) is 0. The zero-order valence-corrected chi connectivity index (χ0v) is 10.8. The van der Waals surface area contributed by atoms with E-state index in [4.69, 9.17) is 0 Å². The van der Waals surface area contributed by atoms with Crippen LogP contribution < -0.4 is 0 Å². The minimum absolute atomic E-state index is 0.833. The highest BCUT2D eigenvalue weighted by Crippen LogP contribution is 1.98. The van der Waals surface area contributed by atoms with E-state index in [0.717, 1.165) is 11.6 Å². The first-order valence-corrected chi connectivity index (χ1v) is 5.42. The summed E-state index contributed by atoms with van der Waals surface area (Å²) in [6.45, 7) is 14.6. The van der Waals surface area contributed by atoms with Crippen molar-refractivity contribution in [1.82, 2.24) is 4.98 Å². The first-order valence-electron chi connectivity index (χ1n) is 5.42. The Morgan fingerprint density at radius 3 is 1.71 bits per heavy atom. The van der Waals surface area contributed by atoms with Crippen molar-refractivity contribution in [2.75, 3.05) is 0 Å². The van der Waals surface area contributed by atoms with E-state index in [-0.39, 0.29) is 0 Å². The van der Waals surface area contributed by atoms with E-state index in [1.807, 2.05) is 33.0 Å². The second-order valence-electron chi connectivity index (χ2n) is 3.64. The van der Waals surface area contributed by atoms with E-state index in [1.165, 1.54) is 5.56 Å². The maximum absolute atomic E-state index is 4.08. The molecule has 0 amide bonds.